The van der Waals surface area contributed by atoms with Crippen molar-refractivity contribution in [2.75, 3.05) is 27.4 Å². The highest BCUT2D eigenvalue weighted by atomic mass is 16.7. The summed E-state index contributed by atoms with van der Waals surface area (Å²) in [6, 6.07) is 8.07. The van der Waals surface area contributed by atoms with Gasteiger partial charge in [-0.1, -0.05) is 26.0 Å². The van der Waals surface area contributed by atoms with Crippen molar-refractivity contribution in [3.63, 3.8) is 0 Å². The van der Waals surface area contributed by atoms with Gasteiger partial charge in [0, 0.05) is 14.2 Å². The highest BCUT2D eigenvalue weighted by molar-refractivity contribution is 5.29. The summed E-state index contributed by atoms with van der Waals surface area (Å²) in [6.45, 7) is 5.75. The fraction of sp³-hybridized carbons (Fsp3) is 0.600. The molecule has 0 saturated carbocycles. The molecule has 0 aliphatic rings. The number of methoxy groups -OCH3 is 2. The molecule has 0 aromatic heterocycles. The number of nitrogens with one attached hydrogen (secondary N) is 1. The number of ether oxygens (including phenoxy) is 3. The lowest BCUT2D eigenvalue weighted by atomic mass is 10.1. The predicted molar refractivity (Wildman–Crippen MR) is 76.5 cm³/mol. The zero-order valence-electron chi connectivity index (χ0n) is 12.3. The molecule has 0 aliphatic carbocycles. The Kier molecular flexibility index (Phi) is 7.48. The Hall–Kier alpha value is -1.10. The monoisotopic (exact) mass is 267 g/mol. The summed E-state index contributed by atoms with van der Waals surface area (Å²) in [5.41, 5.74) is 1.12. The minimum Gasteiger partial charge on any atom is -0.494 e. The van der Waals surface area contributed by atoms with Crippen LogP contribution >= 0.6 is 0 Å². The van der Waals surface area contributed by atoms with E-state index in [0.29, 0.717) is 0 Å². The topological polar surface area (TPSA) is 39.7 Å². The molecular formula is C15H25NO3. The molecule has 1 N–H and O–H groups in total. The Bertz CT molecular complexity index is 336. The Morgan fingerprint density at radius 3 is 2.16 bits per heavy atom. The maximum atomic E-state index is 5.58. The average Bonchev–Trinajstić information content (AvgIpc) is 2.46. The fourth-order valence-electron chi connectivity index (χ4n) is 1.95. The van der Waals surface area contributed by atoms with Gasteiger partial charge in [0.2, 0.25) is 0 Å². The second kappa shape index (κ2) is 8.91. The summed E-state index contributed by atoms with van der Waals surface area (Å²) < 4.78 is 16.3. The first-order chi connectivity index (χ1) is 9.26. The maximum absolute atomic E-state index is 5.58. The molecule has 108 valence electrons. The second-order valence-corrected chi connectivity index (χ2v) is 4.29. The van der Waals surface area contributed by atoms with Crippen LogP contribution in [0.3, 0.4) is 0 Å². The summed E-state index contributed by atoms with van der Waals surface area (Å²) >= 11 is 0. The Balaban J connectivity index is 2.78. The third-order valence-electron chi connectivity index (χ3n) is 2.87. The number of hydrogen-bond acceptors (Lipinski definition) is 4. The molecule has 0 radical (unpaired) electrons. The van der Waals surface area contributed by atoms with Crippen LogP contribution in [0.5, 0.6) is 5.75 Å². The molecule has 0 spiro atoms. The molecule has 0 bridgehead atoms. The van der Waals surface area contributed by atoms with Crippen LogP contribution in [0.4, 0.5) is 0 Å². The molecule has 1 atom stereocenters. The Morgan fingerprint density at radius 1 is 1.05 bits per heavy atom. The summed E-state index contributed by atoms with van der Waals surface area (Å²) in [5, 5.41) is 3.37. The average molecular weight is 267 g/mol. The molecule has 0 amide bonds. The normalized spacial score (nSPS) is 12.7. The largest absolute Gasteiger partial charge is 0.494 e. The van der Waals surface area contributed by atoms with Crippen molar-refractivity contribution in [2.45, 2.75) is 32.6 Å². The lowest BCUT2D eigenvalue weighted by Crippen LogP contribution is -2.34. The number of benzene rings is 1. The lowest BCUT2D eigenvalue weighted by Gasteiger charge is -2.26. The predicted octanol–water partition coefficient (Wildman–Crippen LogP) is 2.74. The molecule has 19 heavy (non-hydrogen) atoms. The van der Waals surface area contributed by atoms with Crippen molar-refractivity contribution in [1.29, 1.82) is 0 Å². The van der Waals surface area contributed by atoms with Crippen molar-refractivity contribution in [3.8, 4) is 5.75 Å². The van der Waals surface area contributed by atoms with Crippen LogP contribution in [0.15, 0.2) is 24.3 Å². The van der Waals surface area contributed by atoms with Gasteiger partial charge >= 0.3 is 0 Å². The van der Waals surface area contributed by atoms with E-state index in [-0.39, 0.29) is 12.3 Å². The molecule has 1 aromatic carbocycles. The molecule has 1 aromatic rings. The molecule has 1 unspecified atom stereocenters. The zero-order chi connectivity index (χ0) is 14.1. The van der Waals surface area contributed by atoms with Gasteiger partial charge in [-0.05, 0) is 30.7 Å². The minimum atomic E-state index is -0.303. The third kappa shape index (κ3) is 4.82. The van der Waals surface area contributed by atoms with E-state index in [2.05, 4.69) is 19.2 Å². The highest BCUT2D eigenvalue weighted by Gasteiger charge is 2.21. The van der Waals surface area contributed by atoms with Crippen molar-refractivity contribution in [2.24, 2.45) is 0 Å². The van der Waals surface area contributed by atoms with Gasteiger partial charge in [0.25, 0.3) is 0 Å². The first-order valence-electron chi connectivity index (χ1n) is 6.78. The Labute approximate surface area is 116 Å². The molecule has 1 rings (SSSR count). The number of rotatable bonds is 9. The van der Waals surface area contributed by atoms with Gasteiger partial charge in [0.15, 0.2) is 6.29 Å². The van der Waals surface area contributed by atoms with Gasteiger partial charge in [-0.2, -0.15) is 0 Å². The summed E-state index contributed by atoms with van der Waals surface area (Å²) in [4.78, 5) is 0. The molecular weight excluding hydrogens is 242 g/mol. The van der Waals surface area contributed by atoms with Gasteiger partial charge in [-0.25, -0.2) is 0 Å². The number of hydrogen-bond donors (Lipinski definition) is 1. The lowest BCUT2D eigenvalue weighted by molar-refractivity contribution is -0.123. The molecule has 0 saturated heterocycles. The van der Waals surface area contributed by atoms with Crippen LogP contribution in [-0.2, 0) is 9.47 Å². The summed E-state index contributed by atoms with van der Waals surface area (Å²) in [5.74, 6) is 0.896. The standard InChI is InChI=1S/C15H25NO3/c1-5-11-19-13-9-7-12(8-10-13)14(16-6-2)15(17-3)18-4/h7-10,14-16H,5-6,11H2,1-4H3. The highest BCUT2D eigenvalue weighted by Crippen LogP contribution is 2.22. The van der Waals surface area contributed by atoms with Crippen molar-refractivity contribution in [3.05, 3.63) is 29.8 Å². The molecule has 4 nitrogen and oxygen atoms in total. The van der Waals surface area contributed by atoms with Crippen molar-refractivity contribution < 1.29 is 14.2 Å². The van der Waals surface area contributed by atoms with E-state index < -0.39 is 0 Å². The van der Waals surface area contributed by atoms with Crippen molar-refractivity contribution in [1.82, 2.24) is 5.32 Å². The van der Waals surface area contributed by atoms with Crippen LogP contribution < -0.4 is 10.1 Å². The van der Waals surface area contributed by atoms with E-state index in [1.54, 1.807) is 14.2 Å². The van der Waals surface area contributed by atoms with Crippen LogP contribution in [0.2, 0.25) is 0 Å². The van der Waals surface area contributed by atoms with Gasteiger partial charge in [0.1, 0.15) is 5.75 Å². The van der Waals surface area contributed by atoms with Gasteiger partial charge in [-0.3, -0.25) is 0 Å². The van der Waals surface area contributed by atoms with Crippen LogP contribution in [-0.4, -0.2) is 33.7 Å². The fourth-order valence-corrected chi connectivity index (χ4v) is 1.95. The first kappa shape index (κ1) is 16.0. The SMILES string of the molecule is CCCOc1ccc(C(NCC)C(OC)OC)cc1. The molecule has 0 heterocycles. The smallest absolute Gasteiger partial charge is 0.176 e. The van der Waals surface area contributed by atoms with Crippen LogP contribution in [0.25, 0.3) is 0 Å². The molecule has 0 fully saturated rings. The summed E-state index contributed by atoms with van der Waals surface area (Å²) in [7, 11) is 3.30. The van der Waals surface area contributed by atoms with Gasteiger partial charge in [-0.15, -0.1) is 0 Å². The number of likely N-dealkylation sites (N-methyl/N-ethyl adjacent to an activating group) is 1. The third-order valence-corrected chi connectivity index (χ3v) is 2.87. The minimum absolute atomic E-state index is 0.0141. The van der Waals surface area contributed by atoms with E-state index in [4.69, 9.17) is 14.2 Å². The maximum Gasteiger partial charge on any atom is 0.176 e. The molecule has 0 aliphatic heterocycles. The first-order valence-corrected chi connectivity index (χ1v) is 6.78. The van der Waals surface area contributed by atoms with Crippen LogP contribution in [0, 0.1) is 0 Å². The quantitative estimate of drug-likeness (QED) is 0.698. The van der Waals surface area contributed by atoms with E-state index in [1.807, 2.05) is 24.3 Å². The van der Waals surface area contributed by atoms with E-state index in [1.165, 1.54) is 0 Å². The Morgan fingerprint density at radius 2 is 1.68 bits per heavy atom. The summed E-state index contributed by atoms with van der Waals surface area (Å²) in [6.07, 6.45) is 0.708. The zero-order valence-corrected chi connectivity index (χ0v) is 12.3. The van der Waals surface area contributed by atoms with Gasteiger partial charge in [0.05, 0.1) is 12.6 Å². The van der Waals surface area contributed by atoms with E-state index in [9.17, 15) is 0 Å². The van der Waals surface area contributed by atoms with Gasteiger partial charge < -0.3 is 19.5 Å². The molecule has 4 heteroatoms. The van der Waals surface area contributed by atoms with E-state index >= 15 is 0 Å². The van der Waals surface area contributed by atoms with E-state index in [0.717, 1.165) is 30.9 Å². The van der Waals surface area contributed by atoms with Crippen LogP contribution in [0.1, 0.15) is 31.9 Å². The second-order valence-electron chi connectivity index (χ2n) is 4.29. The van der Waals surface area contributed by atoms with Crippen molar-refractivity contribution >= 4 is 0 Å².